The maximum Gasteiger partial charge on any atom is 0.237 e. The van der Waals surface area contributed by atoms with Gasteiger partial charge in [-0.25, -0.2) is 0 Å². The van der Waals surface area contributed by atoms with Crippen molar-refractivity contribution in [2.24, 2.45) is 5.92 Å². The maximum absolute atomic E-state index is 12.2. The molecular weight excluding hydrogens is 224 g/mol. The Morgan fingerprint density at radius 2 is 1.89 bits per heavy atom. The van der Waals surface area contributed by atoms with E-state index >= 15 is 0 Å². The van der Waals surface area contributed by atoms with Crippen molar-refractivity contribution in [1.29, 1.82) is 0 Å². The highest BCUT2D eigenvalue weighted by atomic mass is 16.2. The number of carbonyl (C=O) groups excluding carboxylic acids is 1. The Bertz CT molecular complexity index is 276. The predicted octanol–water partition coefficient (Wildman–Crippen LogP) is 2.60. The van der Waals surface area contributed by atoms with Gasteiger partial charge in [0.05, 0.1) is 6.04 Å². The molecule has 0 aromatic carbocycles. The third-order valence-corrected chi connectivity index (χ3v) is 4.80. The van der Waals surface area contributed by atoms with Gasteiger partial charge in [-0.1, -0.05) is 26.7 Å². The summed E-state index contributed by atoms with van der Waals surface area (Å²) < 4.78 is 0. The molecular formula is C15H28N2O. The fraction of sp³-hybridized carbons (Fsp3) is 0.933. The first-order valence-electron chi connectivity index (χ1n) is 7.81. The molecule has 3 unspecified atom stereocenters. The minimum atomic E-state index is 0.0601. The summed E-state index contributed by atoms with van der Waals surface area (Å²) in [6.45, 7) is 4.28. The van der Waals surface area contributed by atoms with Gasteiger partial charge in [0.2, 0.25) is 5.91 Å². The molecule has 2 aliphatic rings. The molecule has 18 heavy (non-hydrogen) atoms. The monoisotopic (exact) mass is 252 g/mol. The zero-order valence-electron chi connectivity index (χ0n) is 11.9. The molecule has 1 saturated heterocycles. The highest BCUT2D eigenvalue weighted by Crippen LogP contribution is 2.32. The number of fused-ring (bicyclic) bond motifs is 1. The normalized spacial score (nSPS) is 32.1. The van der Waals surface area contributed by atoms with Crippen LogP contribution < -0.4 is 10.6 Å². The van der Waals surface area contributed by atoms with Gasteiger partial charge in [0.1, 0.15) is 0 Å². The third-order valence-electron chi connectivity index (χ3n) is 4.80. The van der Waals surface area contributed by atoms with Crippen molar-refractivity contribution in [3.63, 3.8) is 0 Å². The van der Waals surface area contributed by atoms with E-state index in [1.54, 1.807) is 0 Å². The quantitative estimate of drug-likeness (QED) is 0.807. The van der Waals surface area contributed by atoms with Crippen LogP contribution in [0.2, 0.25) is 0 Å². The minimum absolute atomic E-state index is 0.0601. The van der Waals surface area contributed by atoms with Gasteiger partial charge in [-0.05, 0) is 44.4 Å². The summed E-state index contributed by atoms with van der Waals surface area (Å²) in [5.74, 6) is 1.06. The van der Waals surface area contributed by atoms with Gasteiger partial charge in [-0.3, -0.25) is 4.79 Å². The fourth-order valence-electron chi connectivity index (χ4n) is 3.50. The van der Waals surface area contributed by atoms with E-state index in [1.807, 2.05) is 0 Å². The molecule has 0 spiro atoms. The Morgan fingerprint density at radius 3 is 2.61 bits per heavy atom. The highest BCUT2D eigenvalue weighted by molar-refractivity contribution is 5.82. The molecule has 3 nitrogen and oxygen atoms in total. The van der Waals surface area contributed by atoms with E-state index in [4.69, 9.17) is 0 Å². The summed E-state index contributed by atoms with van der Waals surface area (Å²) in [5.41, 5.74) is 0. The van der Waals surface area contributed by atoms with Crippen molar-refractivity contribution in [3.05, 3.63) is 0 Å². The standard InChI is InChI=1S/C15H28N2O/c1-3-12(4-2)16-15(18)14-10-9-11-7-5-6-8-13(11)17-14/h11-14,17H,3-10H2,1-2H3,(H,16,18). The molecule has 2 N–H and O–H groups in total. The number of amides is 1. The number of rotatable bonds is 4. The Hall–Kier alpha value is -0.570. The molecule has 1 saturated carbocycles. The molecule has 3 atom stereocenters. The second kappa shape index (κ2) is 6.55. The molecule has 2 rings (SSSR count). The van der Waals surface area contributed by atoms with Gasteiger partial charge in [0.25, 0.3) is 0 Å². The van der Waals surface area contributed by atoms with Gasteiger partial charge in [0, 0.05) is 12.1 Å². The Morgan fingerprint density at radius 1 is 1.17 bits per heavy atom. The van der Waals surface area contributed by atoms with E-state index in [0.29, 0.717) is 12.1 Å². The fourth-order valence-corrected chi connectivity index (χ4v) is 3.50. The molecule has 0 aromatic heterocycles. The zero-order valence-corrected chi connectivity index (χ0v) is 11.9. The molecule has 1 heterocycles. The van der Waals surface area contributed by atoms with Crippen LogP contribution in [-0.4, -0.2) is 24.0 Å². The first kappa shape index (κ1) is 13.9. The summed E-state index contributed by atoms with van der Waals surface area (Å²) in [4.78, 5) is 12.2. The van der Waals surface area contributed by atoms with Crippen LogP contribution in [0, 0.1) is 5.92 Å². The van der Waals surface area contributed by atoms with Crippen LogP contribution in [-0.2, 0) is 4.79 Å². The lowest BCUT2D eigenvalue weighted by Gasteiger charge is -2.40. The SMILES string of the molecule is CCC(CC)NC(=O)C1CCC2CCCCC2N1. The van der Waals surface area contributed by atoms with E-state index in [-0.39, 0.29) is 11.9 Å². The van der Waals surface area contributed by atoms with Crippen molar-refractivity contribution < 1.29 is 4.79 Å². The number of carbonyl (C=O) groups is 1. The molecule has 1 amide bonds. The van der Waals surface area contributed by atoms with Gasteiger partial charge < -0.3 is 10.6 Å². The van der Waals surface area contributed by atoms with E-state index in [2.05, 4.69) is 24.5 Å². The molecule has 0 bridgehead atoms. The Labute approximate surface area is 111 Å². The lowest BCUT2D eigenvalue weighted by molar-refractivity contribution is -0.125. The van der Waals surface area contributed by atoms with E-state index in [1.165, 1.54) is 32.1 Å². The van der Waals surface area contributed by atoms with Gasteiger partial charge in [-0.2, -0.15) is 0 Å². The average Bonchev–Trinajstić information content (AvgIpc) is 2.44. The van der Waals surface area contributed by atoms with Crippen molar-refractivity contribution >= 4 is 5.91 Å². The van der Waals surface area contributed by atoms with Crippen LogP contribution in [0.4, 0.5) is 0 Å². The lowest BCUT2D eigenvalue weighted by Crippen LogP contribution is -2.56. The van der Waals surface area contributed by atoms with Gasteiger partial charge in [-0.15, -0.1) is 0 Å². The number of nitrogens with one attached hydrogen (secondary N) is 2. The summed E-state index contributed by atoms with van der Waals surface area (Å²) in [5, 5.41) is 6.78. The van der Waals surface area contributed by atoms with Crippen LogP contribution in [0.3, 0.4) is 0 Å². The summed E-state index contributed by atoms with van der Waals surface area (Å²) in [7, 11) is 0. The minimum Gasteiger partial charge on any atom is -0.352 e. The Kier molecular flexibility index (Phi) is 5.04. The zero-order chi connectivity index (χ0) is 13.0. The second-order valence-corrected chi connectivity index (χ2v) is 5.97. The molecule has 1 aliphatic carbocycles. The molecule has 0 radical (unpaired) electrons. The summed E-state index contributed by atoms with van der Waals surface area (Å²) in [6.07, 6.45) is 9.65. The van der Waals surface area contributed by atoms with Gasteiger partial charge in [0.15, 0.2) is 0 Å². The second-order valence-electron chi connectivity index (χ2n) is 5.97. The molecule has 2 fully saturated rings. The first-order valence-corrected chi connectivity index (χ1v) is 7.81. The molecule has 3 heteroatoms. The maximum atomic E-state index is 12.2. The van der Waals surface area contributed by atoms with Crippen LogP contribution in [0.25, 0.3) is 0 Å². The highest BCUT2D eigenvalue weighted by Gasteiger charge is 2.34. The first-order chi connectivity index (χ1) is 8.74. The van der Waals surface area contributed by atoms with Crippen molar-refractivity contribution in [3.8, 4) is 0 Å². The number of hydrogen-bond acceptors (Lipinski definition) is 2. The van der Waals surface area contributed by atoms with Crippen LogP contribution >= 0.6 is 0 Å². The topological polar surface area (TPSA) is 41.1 Å². The Balaban J connectivity index is 1.84. The smallest absolute Gasteiger partial charge is 0.237 e. The largest absolute Gasteiger partial charge is 0.352 e. The van der Waals surface area contributed by atoms with E-state index in [0.717, 1.165) is 25.2 Å². The van der Waals surface area contributed by atoms with E-state index in [9.17, 15) is 4.79 Å². The van der Waals surface area contributed by atoms with Crippen LogP contribution in [0.5, 0.6) is 0 Å². The van der Waals surface area contributed by atoms with Crippen molar-refractivity contribution in [2.45, 2.75) is 83.3 Å². The van der Waals surface area contributed by atoms with Crippen molar-refractivity contribution in [2.75, 3.05) is 0 Å². The third kappa shape index (κ3) is 3.25. The molecule has 1 aliphatic heterocycles. The van der Waals surface area contributed by atoms with Crippen LogP contribution in [0.1, 0.15) is 65.2 Å². The van der Waals surface area contributed by atoms with Gasteiger partial charge >= 0.3 is 0 Å². The van der Waals surface area contributed by atoms with E-state index < -0.39 is 0 Å². The van der Waals surface area contributed by atoms with Crippen LogP contribution in [0.15, 0.2) is 0 Å². The predicted molar refractivity (Wildman–Crippen MR) is 74.4 cm³/mol. The van der Waals surface area contributed by atoms with Crippen molar-refractivity contribution in [1.82, 2.24) is 10.6 Å². The summed E-state index contributed by atoms with van der Waals surface area (Å²) in [6, 6.07) is 1.01. The summed E-state index contributed by atoms with van der Waals surface area (Å²) >= 11 is 0. The molecule has 104 valence electrons. The molecule has 0 aromatic rings. The average molecular weight is 252 g/mol. The number of piperidine rings is 1. The number of hydrogen-bond donors (Lipinski definition) is 2. The lowest BCUT2D eigenvalue weighted by atomic mass is 9.77.